The highest BCUT2D eigenvalue weighted by atomic mass is 28.4. The van der Waals surface area contributed by atoms with Gasteiger partial charge in [-0.3, -0.25) is 14.4 Å². The molecule has 0 atom stereocenters. The van der Waals surface area contributed by atoms with Crippen LogP contribution in [0.25, 0.3) is 0 Å². The van der Waals surface area contributed by atoms with Crippen LogP contribution < -0.4 is 5.01 Å². The second-order valence-electron chi connectivity index (χ2n) is 10.5. The Morgan fingerprint density at radius 2 is 1.43 bits per heavy atom. The number of aryl methyl sites for hydroxylation is 1. The predicted octanol–water partition coefficient (Wildman–Crippen LogP) is 5.56. The molecule has 0 saturated heterocycles. The van der Waals surface area contributed by atoms with Crippen molar-refractivity contribution in [1.82, 2.24) is 4.68 Å². The van der Waals surface area contributed by atoms with E-state index in [1.54, 1.807) is 44.3 Å². The van der Waals surface area contributed by atoms with E-state index in [4.69, 9.17) is 9.16 Å². The molecule has 9 heteroatoms. The molecule has 37 heavy (non-hydrogen) atoms. The fourth-order valence-corrected chi connectivity index (χ4v) is 10.9. The molecule has 0 N–H and O–H groups in total. The van der Waals surface area contributed by atoms with Crippen molar-refractivity contribution in [3.8, 4) is 0 Å². The van der Waals surface area contributed by atoms with E-state index in [1.165, 1.54) is 4.68 Å². The van der Waals surface area contributed by atoms with E-state index in [0.717, 1.165) is 5.01 Å². The van der Waals surface area contributed by atoms with Crippen molar-refractivity contribution in [1.29, 1.82) is 0 Å². The summed E-state index contributed by atoms with van der Waals surface area (Å²) in [5, 5.41) is 0.958. The van der Waals surface area contributed by atoms with Crippen LogP contribution in [-0.2, 0) is 20.4 Å². The molecule has 2 aromatic rings. The van der Waals surface area contributed by atoms with Crippen molar-refractivity contribution in [2.75, 3.05) is 11.6 Å². The molecule has 0 unspecified atom stereocenters. The number of hydrogen-bond acceptors (Lipinski definition) is 6. The summed E-state index contributed by atoms with van der Waals surface area (Å²) >= 11 is 0. The highest BCUT2D eigenvalue weighted by Crippen LogP contribution is 2.42. The third-order valence-electron chi connectivity index (χ3n) is 7.34. The summed E-state index contributed by atoms with van der Waals surface area (Å²) in [7, 11) is -2.41. The van der Waals surface area contributed by atoms with E-state index in [1.807, 2.05) is 0 Å². The zero-order valence-corrected chi connectivity index (χ0v) is 24.1. The van der Waals surface area contributed by atoms with Gasteiger partial charge in [-0.15, -0.1) is 0 Å². The molecule has 2 amide bonds. The largest absolute Gasteiger partial charge is 0.518 e. The lowest BCUT2D eigenvalue weighted by Crippen LogP contribution is -2.49. The Labute approximate surface area is 220 Å². The second kappa shape index (κ2) is 11.0. The van der Waals surface area contributed by atoms with Gasteiger partial charge >= 0.3 is 5.97 Å². The molecule has 1 aromatic carbocycles. The highest BCUT2D eigenvalue weighted by molar-refractivity contribution is 6.78. The number of nitrogens with zero attached hydrogens (tertiary/aromatic N) is 2. The maximum Gasteiger partial charge on any atom is 0.357 e. The number of imide groups is 1. The SMILES string of the molecule is CCOC(=O)c1c(CCC(=O)O[Si](C(C)C)(C(C)C)C(C)C)c(C)cn1N1C(=O)c2ccccc2C1=O. The minimum Gasteiger partial charge on any atom is -0.518 e. The molecule has 200 valence electrons. The standard InChI is InChI=1S/C28H38N2O6Si/c1-9-35-28(34)25-21(14-15-24(31)36-37(17(2)3,18(4)5)19(6)7)20(8)16-29(25)30-26(32)22-12-10-11-13-23(22)27(30)33/h10-13,16-19H,9,14-15H2,1-8H3. The van der Waals surface area contributed by atoms with Gasteiger partial charge in [-0.1, -0.05) is 53.7 Å². The van der Waals surface area contributed by atoms with E-state index in [0.29, 0.717) is 11.1 Å². The molecule has 2 heterocycles. The number of carbonyl (C=O) groups is 4. The van der Waals surface area contributed by atoms with E-state index in [9.17, 15) is 19.2 Å². The van der Waals surface area contributed by atoms with Crippen LogP contribution in [0.4, 0.5) is 0 Å². The fourth-order valence-electron chi connectivity index (χ4n) is 5.74. The molecule has 0 aliphatic carbocycles. The van der Waals surface area contributed by atoms with Gasteiger partial charge in [0.25, 0.3) is 26.1 Å². The summed E-state index contributed by atoms with van der Waals surface area (Å²) in [5.74, 6) is -2.00. The monoisotopic (exact) mass is 526 g/mol. The van der Waals surface area contributed by atoms with Crippen LogP contribution in [0, 0.1) is 6.92 Å². The average Bonchev–Trinajstić information content (AvgIpc) is 3.28. The summed E-state index contributed by atoms with van der Waals surface area (Å²) in [5.41, 5.74) is 2.61. The van der Waals surface area contributed by atoms with Crippen molar-refractivity contribution >= 4 is 32.1 Å². The molecular weight excluding hydrogens is 488 g/mol. The van der Waals surface area contributed by atoms with Crippen LogP contribution in [0.1, 0.15) is 97.2 Å². The number of ether oxygens (including phenoxy) is 1. The maximum absolute atomic E-state index is 13.2. The lowest BCUT2D eigenvalue weighted by atomic mass is 10.1. The minimum atomic E-state index is -2.41. The van der Waals surface area contributed by atoms with Gasteiger partial charge in [0.2, 0.25) is 0 Å². The van der Waals surface area contributed by atoms with Crippen molar-refractivity contribution < 1.29 is 28.3 Å². The van der Waals surface area contributed by atoms with Crippen molar-refractivity contribution in [3.05, 3.63) is 58.4 Å². The van der Waals surface area contributed by atoms with Gasteiger partial charge in [-0.25, -0.2) is 9.47 Å². The number of aromatic nitrogens is 1. The highest BCUT2D eigenvalue weighted by Gasteiger charge is 2.48. The molecule has 0 spiro atoms. The van der Waals surface area contributed by atoms with Gasteiger partial charge in [0.1, 0.15) is 0 Å². The van der Waals surface area contributed by atoms with Crippen molar-refractivity contribution in [3.63, 3.8) is 0 Å². The van der Waals surface area contributed by atoms with E-state index >= 15 is 0 Å². The normalized spacial score (nSPS) is 13.6. The van der Waals surface area contributed by atoms with Gasteiger partial charge in [0.15, 0.2) is 5.69 Å². The van der Waals surface area contributed by atoms with Gasteiger partial charge < -0.3 is 9.16 Å². The summed E-state index contributed by atoms with van der Waals surface area (Å²) in [4.78, 5) is 52.5. The van der Waals surface area contributed by atoms with Gasteiger partial charge in [-0.2, -0.15) is 5.01 Å². The zero-order chi connectivity index (χ0) is 27.7. The Balaban J connectivity index is 1.95. The molecule has 0 fully saturated rings. The van der Waals surface area contributed by atoms with Crippen LogP contribution in [0.15, 0.2) is 30.5 Å². The molecule has 3 rings (SSSR count). The van der Waals surface area contributed by atoms with Crippen LogP contribution in [-0.4, -0.2) is 43.4 Å². The maximum atomic E-state index is 13.2. The lowest BCUT2D eigenvalue weighted by Gasteiger charge is -2.41. The minimum absolute atomic E-state index is 0.0697. The first kappa shape index (κ1) is 28.4. The topological polar surface area (TPSA) is 94.9 Å². The summed E-state index contributed by atoms with van der Waals surface area (Å²) in [6.45, 7) is 16.3. The predicted molar refractivity (Wildman–Crippen MR) is 144 cm³/mol. The van der Waals surface area contributed by atoms with Gasteiger partial charge in [0, 0.05) is 12.6 Å². The number of carbonyl (C=O) groups excluding carboxylic acids is 4. The Morgan fingerprint density at radius 1 is 0.919 bits per heavy atom. The van der Waals surface area contributed by atoms with Gasteiger partial charge in [0.05, 0.1) is 17.7 Å². The van der Waals surface area contributed by atoms with Crippen LogP contribution >= 0.6 is 0 Å². The van der Waals surface area contributed by atoms with E-state index in [2.05, 4.69) is 41.5 Å². The number of amides is 2. The van der Waals surface area contributed by atoms with Gasteiger partial charge in [-0.05, 0) is 60.2 Å². The van der Waals surface area contributed by atoms with Crippen molar-refractivity contribution in [2.24, 2.45) is 0 Å². The van der Waals surface area contributed by atoms with E-state index in [-0.39, 0.29) is 58.9 Å². The molecular formula is C28H38N2O6Si. The molecule has 0 bridgehead atoms. The second-order valence-corrected chi connectivity index (χ2v) is 15.8. The smallest absolute Gasteiger partial charge is 0.357 e. The number of rotatable bonds is 10. The third-order valence-corrected chi connectivity index (χ3v) is 13.3. The first-order valence-electron chi connectivity index (χ1n) is 13.0. The summed E-state index contributed by atoms with van der Waals surface area (Å²) < 4.78 is 12.8. The molecule has 1 aliphatic heterocycles. The molecule has 1 aliphatic rings. The Bertz CT molecular complexity index is 1160. The number of hydrogen-bond donors (Lipinski definition) is 0. The average molecular weight is 527 g/mol. The molecule has 8 nitrogen and oxygen atoms in total. The van der Waals surface area contributed by atoms with E-state index < -0.39 is 26.1 Å². The Hall–Kier alpha value is -3.20. The third kappa shape index (κ3) is 5.01. The fraction of sp³-hybridized carbons (Fsp3) is 0.500. The lowest BCUT2D eigenvalue weighted by molar-refractivity contribution is -0.135. The number of esters is 1. The number of fused-ring (bicyclic) bond motifs is 1. The quantitative estimate of drug-likeness (QED) is 0.229. The van der Waals surface area contributed by atoms with Crippen LogP contribution in [0.5, 0.6) is 0 Å². The first-order valence-corrected chi connectivity index (χ1v) is 15.1. The summed E-state index contributed by atoms with van der Waals surface area (Å²) in [6.07, 6.45) is 1.86. The van der Waals surface area contributed by atoms with Crippen LogP contribution in [0.3, 0.4) is 0 Å². The molecule has 0 saturated carbocycles. The Kier molecular flexibility index (Phi) is 8.47. The number of benzene rings is 1. The van der Waals surface area contributed by atoms with Crippen molar-refractivity contribution in [2.45, 2.75) is 84.9 Å². The van der Waals surface area contributed by atoms with Crippen LogP contribution in [0.2, 0.25) is 16.6 Å². The first-order chi connectivity index (χ1) is 17.4. The Morgan fingerprint density at radius 3 is 1.89 bits per heavy atom. The molecule has 0 radical (unpaired) electrons. The summed E-state index contributed by atoms with van der Waals surface area (Å²) in [6, 6.07) is 6.54. The molecule has 1 aromatic heterocycles. The zero-order valence-electron chi connectivity index (χ0n) is 23.1.